The third-order valence-electron chi connectivity index (χ3n) is 5.18. The molecule has 3 aromatic rings. The van der Waals surface area contributed by atoms with E-state index in [1.54, 1.807) is 12.4 Å². The van der Waals surface area contributed by atoms with Gasteiger partial charge in [-0.25, -0.2) is 5.01 Å². The number of benzene rings is 2. The smallest absolute Gasteiger partial charge is 0.214 e. The number of rotatable bonds is 4. The Kier molecular flexibility index (Phi) is 4.20. The topological polar surface area (TPSA) is 47.0 Å². The average Bonchev–Trinajstić information content (AvgIpc) is 3.21. The molecule has 140 valence electrons. The van der Waals surface area contributed by atoms with Crippen LogP contribution in [0.3, 0.4) is 0 Å². The van der Waals surface area contributed by atoms with Crippen LogP contribution >= 0.6 is 0 Å². The van der Waals surface area contributed by atoms with E-state index in [1.807, 2.05) is 49.4 Å². The summed E-state index contributed by atoms with van der Waals surface area (Å²) in [7, 11) is 0. The maximum absolute atomic E-state index is 6.47. The Morgan fingerprint density at radius 1 is 1.04 bits per heavy atom. The lowest BCUT2D eigenvalue weighted by atomic mass is 9.95. The number of para-hydroxylation sites is 1. The minimum atomic E-state index is -0.316. The number of hydrogen-bond donors (Lipinski definition) is 0. The maximum atomic E-state index is 6.47. The molecule has 28 heavy (non-hydrogen) atoms. The summed E-state index contributed by atoms with van der Waals surface area (Å²) in [4.78, 5) is 4.14. The number of hydrogen-bond acceptors (Lipinski definition) is 5. The van der Waals surface area contributed by atoms with E-state index < -0.39 is 0 Å². The summed E-state index contributed by atoms with van der Waals surface area (Å²) in [6.07, 6.45) is 4.09. The van der Waals surface area contributed by atoms with Crippen LogP contribution in [0.1, 0.15) is 42.3 Å². The minimum Gasteiger partial charge on any atom is -0.490 e. The molecule has 0 fully saturated rings. The molecule has 0 radical (unpaired) electrons. The van der Waals surface area contributed by atoms with Crippen LogP contribution < -0.4 is 9.47 Å². The van der Waals surface area contributed by atoms with Gasteiger partial charge in [-0.1, -0.05) is 42.5 Å². The lowest BCUT2D eigenvalue weighted by Gasteiger charge is -2.38. The first kappa shape index (κ1) is 16.8. The number of hydrazone groups is 1. The van der Waals surface area contributed by atoms with Gasteiger partial charge in [-0.15, -0.1) is 0 Å². The molecule has 5 heteroatoms. The first-order valence-corrected chi connectivity index (χ1v) is 9.58. The lowest BCUT2D eigenvalue weighted by molar-refractivity contribution is -0.0212. The molecular formula is C23H21N3O2. The van der Waals surface area contributed by atoms with Gasteiger partial charge in [0.15, 0.2) is 11.5 Å². The molecule has 0 bridgehead atoms. The minimum absolute atomic E-state index is 0.109. The molecule has 0 N–H and O–H groups in total. The van der Waals surface area contributed by atoms with Gasteiger partial charge in [-0.2, -0.15) is 5.10 Å². The number of pyridine rings is 1. The quantitative estimate of drug-likeness (QED) is 0.666. The Labute approximate surface area is 164 Å². The normalized spacial score (nSPS) is 20.0. The van der Waals surface area contributed by atoms with Crippen LogP contribution in [-0.4, -0.2) is 22.3 Å². The molecule has 5 rings (SSSR count). The number of ether oxygens (including phenoxy) is 2. The van der Waals surface area contributed by atoms with Crippen molar-refractivity contribution >= 4 is 5.71 Å². The van der Waals surface area contributed by atoms with Crippen LogP contribution in [0.4, 0.5) is 0 Å². The summed E-state index contributed by atoms with van der Waals surface area (Å²) in [6.45, 7) is 2.58. The van der Waals surface area contributed by atoms with E-state index in [4.69, 9.17) is 14.6 Å². The predicted octanol–water partition coefficient (Wildman–Crippen LogP) is 4.72. The number of nitrogens with zero attached hydrogens (tertiary/aromatic N) is 3. The Bertz CT molecular complexity index is 1000. The third-order valence-corrected chi connectivity index (χ3v) is 5.18. The van der Waals surface area contributed by atoms with E-state index >= 15 is 0 Å². The molecular weight excluding hydrogens is 350 g/mol. The van der Waals surface area contributed by atoms with Gasteiger partial charge in [0.25, 0.3) is 0 Å². The molecule has 0 amide bonds. The van der Waals surface area contributed by atoms with Crippen LogP contribution in [0.5, 0.6) is 11.5 Å². The Balaban J connectivity index is 1.62. The van der Waals surface area contributed by atoms with Crippen molar-refractivity contribution in [3.05, 3.63) is 89.7 Å². The van der Waals surface area contributed by atoms with Gasteiger partial charge < -0.3 is 9.47 Å². The molecule has 0 aliphatic carbocycles. The van der Waals surface area contributed by atoms with Gasteiger partial charge in [0.2, 0.25) is 6.23 Å². The summed E-state index contributed by atoms with van der Waals surface area (Å²) in [5.74, 6) is 1.60. The second-order valence-corrected chi connectivity index (χ2v) is 6.87. The van der Waals surface area contributed by atoms with E-state index in [0.29, 0.717) is 6.61 Å². The zero-order valence-corrected chi connectivity index (χ0v) is 15.7. The van der Waals surface area contributed by atoms with Crippen LogP contribution in [0.25, 0.3) is 0 Å². The molecule has 0 unspecified atom stereocenters. The standard InChI is InChI=1S/C23H21N3O2/c1-2-27-21-10-6-9-18-20-15-19(16-7-4-3-5-8-16)25-26(20)23(28-22(18)21)17-11-13-24-14-12-17/h3-14,20,23H,2,15H2,1H3/t20-,23+/m0/s1. The molecule has 2 aromatic carbocycles. The summed E-state index contributed by atoms with van der Waals surface area (Å²) < 4.78 is 12.3. The Morgan fingerprint density at radius 3 is 2.64 bits per heavy atom. The highest BCUT2D eigenvalue weighted by Crippen LogP contribution is 2.50. The third kappa shape index (κ3) is 2.80. The molecule has 2 aliphatic rings. The summed E-state index contributed by atoms with van der Waals surface area (Å²) in [5, 5.41) is 7.06. The molecule has 0 saturated carbocycles. The van der Waals surface area contributed by atoms with E-state index in [0.717, 1.165) is 40.3 Å². The fourth-order valence-corrected chi connectivity index (χ4v) is 3.91. The van der Waals surface area contributed by atoms with Crippen LogP contribution in [-0.2, 0) is 0 Å². The van der Waals surface area contributed by atoms with Gasteiger partial charge in [0.05, 0.1) is 18.4 Å². The van der Waals surface area contributed by atoms with Crippen molar-refractivity contribution in [1.82, 2.24) is 9.99 Å². The molecule has 0 saturated heterocycles. The van der Waals surface area contributed by atoms with Gasteiger partial charge in [-0.3, -0.25) is 4.98 Å². The van der Waals surface area contributed by atoms with Crippen molar-refractivity contribution in [2.24, 2.45) is 5.10 Å². The van der Waals surface area contributed by atoms with Crippen molar-refractivity contribution in [3.8, 4) is 11.5 Å². The van der Waals surface area contributed by atoms with Crippen molar-refractivity contribution in [2.45, 2.75) is 25.6 Å². The van der Waals surface area contributed by atoms with E-state index in [9.17, 15) is 0 Å². The van der Waals surface area contributed by atoms with Crippen molar-refractivity contribution in [3.63, 3.8) is 0 Å². The second-order valence-electron chi connectivity index (χ2n) is 6.87. The first-order valence-electron chi connectivity index (χ1n) is 9.58. The molecule has 2 atom stereocenters. The Hall–Kier alpha value is -3.34. The SMILES string of the molecule is CCOc1cccc2c1O[C@H](c1ccncc1)N1N=C(c3ccccc3)C[C@@H]21. The van der Waals surface area contributed by atoms with Crippen molar-refractivity contribution < 1.29 is 9.47 Å². The number of aromatic nitrogens is 1. The highest BCUT2D eigenvalue weighted by atomic mass is 16.5. The summed E-state index contributed by atoms with van der Waals surface area (Å²) in [6, 6.07) is 20.5. The molecule has 2 aliphatic heterocycles. The first-order chi connectivity index (χ1) is 13.8. The van der Waals surface area contributed by atoms with E-state index in [2.05, 4.69) is 28.2 Å². The molecule has 0 spiro atoms. The molecule has 1 aromatic heterocycles. The lowest BCUT2D eigenvalue weighted by Crippen LogP contribution is -2.33. The van der Waals surface area contributed by atoms with Crippen LogP contribution in [0, 0.1) is 0 Å². The van der Waals surface area contributed by atoms with Gasteiger partial charge >= 0.3 is 0 Å². The monoisotopic (exact) mass is 371 g/mol. The van der Waals surface area contributed by atoms with E-state index in [-0.39, 0.29) is 12.3 Å². The average molecular weight is 371 g/mol. The van der Waals surface area contributed by atoms with Gasteiger partial charge in [-0.05, 0) is 30.7 Å². The Morgan fingerprint density at radius 2 is 1.86 bits per heavy atom. The highest BCUT2D eigenvalue weighted by Gasteiger charge is 2.42. The number of fused-ring (bicyclic) bond motifs is 3. The second kappa shape index (κ2) is 7.00. The van der Waals surface area contributed by atoms with Gasteiger partial charge in [0.1, 0.15) is 0 Å². The fourth-order valence-electron chi connectivity index (χ4n) is 3.91. The predicted molar refractivity (Wildman–Crippen MR) is 107 cm³/mol. The largest absolute Gasteiger partial charge is 0.490 e. The van der Waals surface area contributed by atoms with Crippen LogP contribution in [0.15, 0.2) is 78.2 Å². The van der Waals surface area contributed by atoms with Gasteiger partial charge in [0, 0.05) is 29.9 Å². The van der Waals surface area contributed by atoms with E-state index in [1.165, 1.54) is 0 Å². The molecule has 5 nitrogen and oxygen atoms in total. The van der Waals surface area contributed by atoms with Crippen molar-refractivity contribution in [2.75, 3.05) is 6.61 Å². The molecule has 3 heterocycles. The summed E-state index contributed by atoms with van der Waals surface area (Å²) >= 11 is 0. The highest BCUT2D eigenvalue weighted by molar-refractivity contribution is 6.01. The van der Waals surface area contributed by atoms with Crippen LogP contribution in [0.2, 0.25) is 0 Å². The zero-order chi connectivity index (χ0) is 18.9. The zero-order valence-electron chi connectivity index (χ0n) is 15.7. The summed E-state index contributed by atoms with van der Waals surface area (Å²) in [5.41, 5.74) is 4.36. The maximum Gasteiger partial charge on any atom is 0.214 e. The fraction of sp³-hybridized carbons (Fsp3) is 0.217. The van der Waals surface area contributed by atoms with Crippen molar-refractivity contribution in [1.29, 1.82) is 0 Å².